The largest absolute Gasteiger partial charge is 1.00 e. The number of allylic oxidation sites excluding steroid dienone is 4. The molecule has 0 radical (unpaired) electrons. The SMILES string of the molecule is CC1=C(C)C(C)([Si](c2c(C)cccc2-c2ccccc2)(c2c(C)cccc2-c2ccccc2)c2c(C)cccc2-c2ccccc2)[C]([Ti+3])=C1C.[Cl-].[Cl-].[Cl-]. The van der Waals surface area contributed by atoms with Crippen LogP contribution in [0.2, 0.25) is 5.04 Å². The zero-order chi connectivity index (χ0) is 35.2. The van der Waals surface area contributed by atoms with Crippen LogP contribution in [0.25, 0.3) is 33.4 Å². The molecule has 1 aliphatic carbocycles. The van der Waals surface area contributed by atoms with E-state index in [0.29, 0.717) is 0 Å². The normalized spacial score (nSPS) is 15.4. The third-order valence-corrected chi connectivity index (χ3v) is 19.8. The first-order valence-corrected chi connectivity index (χ1v) is 20.5. The molecule has 5 heteroatoms. The van der Waals surface area contributed by atoms with Gasteiger partial charge in [-0.05, 0) is 0 Å². The van der Waals surface area contributed by atoms with Crippen LogP contribution in [0.3, 0.4) is 0 Å². The molecule has 0 amide bonds. The number of rotatable bonds is 7. The first-order chi connectivity index (χ1) is 24.1. The predicted octanol–water partition coefficient (Wildman–Crippen LogP) is 2.03. The van der Waals surface area contributed by atoms with Crippen LogP contribution in [0.15, 0.2) is 166 Å². The molecule has 0 bridgehead atoms. The van der Waals surface area contributed by atoms with Crippen molar-refractivity contribution in [1.29, 1.82) is 0 Å². The fourth-order valence-electron chi connectivity index (χ4n) is 9.07. The predicted molar refractivity (Wildman–Crippen MR) is 214 cm³/mol. The van der Waals surface area contributed by atoms with Crippen LogP contribution in [-0.4, -0.2) is 8.07 Å². The Morgan fingerprint density at radius 3 is 0.962 bits per heavy atom. The van der Waals surface area contributed by atoms with Gasteiger partial charge in [0.1, 0.15) is 0 Å². The molecule has 0 fully saturated rings. The topological polar surface area (TPSA) is 0 Å². The van der Waals surface area contributed by atoms with Gasteiger partial charge >= 0.3 is 314 Å². The van der Waals surface area contributed by atoms with Gasteiger partial charge in [-0.15, -0.1) is 0 Å². The quantitative estimate of drug-likeness (QED) is 0.172. The molecule has 0 nitrogen and oxygen atoms in total. The van der Waals surface area contributed by atoms with Crippen LogP contribution < -0.4 is 52.8 Å². The summed E-state index contributed by atoms with van der Waals surface area (Å²) >= 11 is 2.44. The van der Waals surface area contributed by atoms with Gasteiger partial charge < -0.3 is 37.2 Å². The molecule has 53 heavy (non-hydrogen) atoms. The van der Waals surface area contributed by atoms with E-state index in [2.05, 4.69) is 214 Å². The Hall–Kier alpha value is -3.40. The van der Waals surface area contributed by atoms with E-state index < -0.39 is 8.07 Å². The summed E-state index contributed by atoms with van der Waals surface area (Å²) in [5, 5.41) is 4.23. The standard InChI is InChI=1S/C48H45Si.3ClH.Ti/c1-33-20-17-29-42(39-23-11-8-12-24-39)45(33)49(48(7)32-36(4)37(5)38(48)6,46-34(2)21-18-30-43(46)40-25-13-9-14-26-40)47-35(3)22-19-31-44(47)41-27-15-10-16-28-41;;;;/h8-31H,1-7H3;3*1H;/q;;;;+3/p-3. The number of hydrogen-bond donors (Lipinski definition) is 0. The Labute approximate surface area is 348 Å². The molecular formula is C48H45Cl3SiTi. The van der Waals surface area contributed by atoms with Gasteiger partial charge in [-0.3, -0.25) is 0 Å². The van der Waals surface area contributed by atoms with Crippen molar-refractivity contribution in [3.8, 4) is 33.4 Å². The van der Waals surface area contributed by atoms with Gasteiger partial charge in [-0.2, -0.15) is 0 Å². The minimum absolute atomic E-state index is 0. The zero-order valence-corrected chi connectivity index (χ0v) is 36.3. The van der Waals surface area contributed by atoms with Crippen molar-refractivity contribution in [1.82, 2.24) is 0 Å². The van der Waals surface area contributed by atoms with Gasteiger partial charge in [-0.25, -0.2) is 0 Å². The third kappa shape index (κ3) is 6.69. The van der Waals surface area contributed by atoms with Gasteiger partial charge in [0, 0.05) is 0 Å². The molecule has 7 rings (SSSR count). The van der Waals surface area contributed by atoms with Gasteiger partial charge in [0.25, 0.3) is 0 Å². The third-order valence-electron chi connectivity index (χ3n) is 11.7. The van der Waals surface area contributed by atoms with Crippen molar-refractivity contribution in [2.75, 3.05) is 0 Å². The second-order valence-electron chi connectivity index (χ2n) is 14.2. The molecule has 0 saturated heterocycles. The number of hydrogen-bond acceptors (Lipinski definition) is 0. The fourth-order valence-corrected chi connectivity index (χ4v) is 18.0. The summed E-state index contributed by atoms with van der Waals surface area (Å²) in [7, 11) is -3.26. The molecule has 1 unspecified atom stereocenters. The second kappa shape index (κ2) is 17.0. The maximum Gasteiger partial charge on any atom is -1.00 e. The average molecular weight is 804 g/mol. The minimum atomic E-state index is -3.26. The van der Waals surface area contributed by atoms with E-state index in [0.717, 1.165) is 0 Å². The van der Waals surface area contributed by atoms with Crippen LogP contribution in [0.4, 0.5) is 0 Å². The van der Waals surface area contributed by atoms with Gasteiger partial charge in [-0.1, -0.05) is 0 Å². The Kier molecular flexibility index (Phi) is 13.5. The molecule has 266 valence electrons. The minimum Gasteiger partial charge on any atom is -1.00 e. The summed E-state index contributed by atoms with van der Waals surface area (Å²) in [4.78, 5) is 0. The monoisotopic (exact) mass is 802 g/mol. The summed E-state index contributed by atoms with van der Waals surface area (Å²) in [5.41, 5.74) is 16.2. The molecule has 0 N–H and O–H groups in total. The van der Waals surface area contributed by atoms with Gasteiger partial charge in [0.2, 0.25) is 0 Å². The summed E-state index contributed by atoms with van der Waals surface area (Å²) in [5.74, 6) is 0. The fraction of sp³-hybridized carbons (Fsp3) is 0.167. The van der Waals surface area contributed by atoms with Crippen LogP contribution in [-0.2, 0) is 20.4 Å². The Morgan fingerprint density at radius 1 is 0.396 bits per heavy atom. The van der Waals surface area contributed by atoms with E-state index in [1.807, 2.05) is 0 Å². The Balaban J connectivity index is 0.00000209. The molecule has 6 aromatic carbocycles. The van der Waals surface area contributed by atoms with Crippen LogP contribution in [0.1, 0.15) is 44.4 Å². The van der Waals surface area contributed by atoms with Gasteiger partial charge in [0.05, 0.1) is 0 Å². The van der Waals surface area contributed by atoms with E-state index in [1.165, 1.54) is 86.2 Å². The first-order valence-electron chi connectivity index (χ1n) is 17.7. The number of benzene rings is 6. The van der Waals surface area contributed by atoms with Crippen molar-refractivity contribution >= 4 is 23.6 Å². The van der Waals surface area contributed by atoms with Crippen molar-refractivity contribution in [2.24, 2.45) is 0 Å². The van der Waals surface area contributed by atoms with Crippen molar-refractivity contribution < 1.29 is 57.7 Å². The van der Waals surface area contributed by atoms with E-state index in [9.17, 15) is 0 Å². The zero-order valence-electron chi connectivity index (χ0n) is 31.5. The number of aryl methyl sites for hydroxylation is 3. The molecule has 6 aromatic rings. The molecule has 1 atom stereocenters. The summed E-state index contributed by atoms with van der Waals surface area (Å²) in [6, 6.07) is 54.5. The molecule has 0 spiro atoms. The average Bonchev–Trinajstić information content (AvgIpc) is 3.30. The molecular weight excluding hydrogens is 759 g/mol. The molecule has 1 aliphatic rings. The van der Waals surface area contributed by atoms with E-state index in [4.69, 9.17) is 0 Å². The maximum absolute atomic E-state index is 3.26. The van der Waals surface area contributed by atoms with Crippen molar-refractivity contribution in [2.45, 2.75) is 53.5 Å². The van der Waals surface area contributed by atoms with Crippen molar-refractivity contribution in [3.05, 3.63) is 183 Å². The van der Waals surface area contributed by atoms with E-state index in [1.54, 1.807) is 0 Å². The summed E-state index contributed by atoms with van der Waals surface area (Å²) < 4.78 is 1.49. The number of halogens is 3. The van der Waals surface area contributed by atoms with E-state index in [-0.39, 0.29) is 42.3 Å². The van der Waals surface area contributed by atoms with E-state index >= 15 is 0 Å². The second-order valence-corrected chi connectivity index (χ2v) is 19.0. The van der Waals surface area contributed by atoms with Crippen LogP contribution in [0, 0.1) is 20.8 Å². The van der Waals surface area contributed by atoms with Gasteiger partial charge in [0.15, 0.2) is 0 Å². The Bertz CT molecular complexity index is 2060. The van der Waals surface area contributed by atoms with Crippen molar-refractivity contribution in [3.63, 3.8) is 0 Å². The van der Waals surface area contributed by atoms with Crippen LogP contribution >= 0.6 is 0 Å². The summed E-state index contributed by atoms with van der Waals surface area (Å²) in [6.45, 7) is 16.9. The molecule has 0 aromatic heterocycles. The molecule has 0 aliphatic heterocycles. The summed E-state index contributed by atoms with van der Waals surface area (Å²) in [6.07, 6.45) is 0. The Morgan fingerprint density at radius 2 is 0.698 bits per heavy atom. The maximum atomic E-state index is 2.62. The molecule has 0 heterocycles. The smallest absolute Gasteiger partial charge is 1.00 e. The van der Waals surface area contributed by atoms with Crippen LogP contribution in [0.5, 0.6) is 0 Å². The first kappa shape index (κ1) is 42.3. The molecule has 0 saturated carbocycles.